The van der Waals surface area contributed by atoms with Gasteiger partial charge in [-0.05, 0) is 35.9 Å². The summed E-state index contributed by atoms with van der Waals surface area (Å²) in [6.07, 6.45) is -6.00. The number of hydrogen-bond acceptors (Lipinski definition) is 13. The summed E-state index contributed by atoms with van der Waals surface area (Å²) in [5.74, 6) is -2.48. The maximum absolute atomic E-state index is 12.3. The third kappa shape index (κ3) is 6.63. The minimum Gasteiger partial charge on any atom is -0.507 e. The summed E-state index contributed by atoms with van der Waals surface area (Å²) < 4.78 is 27.9. The molecular formula is C31H29O14+. The highest BCUT2D eigenvalue weighted by molar-refractivity contribution is 5.89. The molecule has 1 saturated heterocycles. The standard InChI is InChI=1S/C31H28O14/c1-41-23-9-15(4-6-19(23)34)30-24(12-17-20(35)10-16(32)11-22(17)43-30)44-31-29(40)28(39)27(38)25(45-31)13-42-26(37)7-3-14-2-5-18(33)21(36)8-14/h2-12,25,27-29,31,38-40H,13H2,1H3,(H4-,32,33,34,35,36,37)/p+1/t25-,27+,28+,29-,31-/m1/s1. The second-order valence-corrected chi connectivity index (χ2v) is 10.0. The number of esters is 1. The molecule has 5 atom stereocenters. The molecule has 14 heteroatoms. The minimum atomic E-state index is -1.81. The molecule has 45 heavy (non-hydrogen) atoms. The first-order chi connectivity index (χ1) is 21.4. The Morgan fingerprint density at radius 2 is 1.60 bits per heavy atom. The van der Waals surface area contributed by atoms with E-state index in [0.29, 0.717) is 11.1 Å². The maximum atomic E-state index is 12.3. The topological polar surface area (TPSA) is 227 Å². The van der Waals surface area contributed by atoms with Crippen LogP contribution in [0.25, 0.3) is 28.4 Å². The molecule has 1 aliphatic rings. The van der Waals surface area contributed by atoms with Crippen molar-refractivity contribution in [3.63, 3.8) is 0 Å². The fourth-order valence-electron chi connectivity index (χ4n) is 4.59. The van der Waals surface area contributed by atoms with Gasteiger partial charge in [-0.1, -0.05) is 6.07 Å². The number of aliphatic hydroxyl groups excluding tert-OH is 3. The van der Waals surface area contributed by atoms with Gasteiger partial charge in [-0.25, -0.2) is 9.21 Å². The Labute approximate surface area is 254 Å². The first kappa shape index (κ1) is 31.2. The van der Waals surface area contributed by atoms with Crippen molar-refractivity contribution in [2.24, 2.45) is 0 Å². The third-order valence-electron chi connectivity index (χ3n) is 6.97. The number of ether oxygens (including phenoxy) is 4. The Kier molecular flexibility index (Phi) is 8.83. The largest absolute Gasteiger partial charge is 0.507 e. The highest BCUT2D eigenvalue weighted by atomic mass is 16.7. The van der Waals surface area contributed by atoms with E-state index < -0.39 is 43.3 Å². The molecule has 0 aliphatic carbocycles. The molecule has 0 bridgehead atoms. The second-order valence-electron chi connectivity index (χ2n) is 10.0. The van der Waals surface area contributed by atoms with Crippen molar-refractivity contribution >= 4 is 23.0 Å². The average Bonchev–Trinajstić information content (AvgIpc) is 3.01. The molecule has 1 fully saturated rings. The molecular weight excluding hydrogens is 596 g/mol. The number of phenols is 5. The van der Waals surface area contributed by atoms with Crippen LogP contribution < -0.4 is 9.47 Å². The first-order valence-electron chi connectivity index (χ1n) is 13.4. The molecule has 0 spiro atoms. The number of aliphatic hydroxyl groups is 3. The van der Waals surface area contributed by atoms with E-state index in [4.69, 9.17) is 23.4 Å². The number of phenolic OH excluding ortho intramolecular Hbond substituents is 5. The summed E-state index contributed by atoms with van der Waals surface area (Å²) in [7, 11) is 1.34. The van der Waals surface area contributed by atoms with Gasteiger partial charge in [-0.3, -0.25) is 0 Å². The van der Waals surface area contributed by atoms with Gasteiger partial charge in [-0.15, -0.1) is 0 Å². The molecule has 0 saturated carbocycles. The summed E-state index contributed by atoms with van der Waals surface area (Å²) in [6.45, 7) is -0.570. The predicted molar refractivity (Wildman–Crippen MR) is 155 cm³/mol. The Balaban J connectivity index is 1.40. The van der Waals surface area contributed by atoms with Crippen molar-refractivity contribution in [3.05, 3.63) is 66.2 Å². The van der Waals surface area contributed by atoms with Crippen LogP contribution in [0.3, 0.4) is 0 Å². The average molecular weight is 626 g/mol. The number of rotatable bonds is 8. The fourth-order valence-corrected chi connectivity index (χ4v) is 4.59. The molecule has 1 aliphatic heterocycles. The lowest BCUT2D eigenvalue weighted by atomic mass is 9.99. The van der Waals surface area contributed by atoms with Gasteiger partial charge in [0, 0.05) is 24.3 Å². The van der Waals surface area contributed by atoms with E-state index in [2.05, 4.69) is 0 Å². The highest BCUT2D eigenvalue weighted by Gasteiger charge is 2.46. The number of methoxy groups -OCH3 is 1. The van der Waals surface area contributed by atoms with Gasteiger partial charge in [0.25, 0.3) is 0 Å². The van der Waals surface area contributed by atoms with Crippen molar-refractivity contribution in [2.75, 3.05) is 13.7 Å². The second kappa shape index (κ2) is 12.8. The van der Waals surface area contributed by atoms with Crippen molar-refractivity contribution < 1.29 is 69.0 Å². The van der Waals surface area contributed by atoms with E-state index >= 15 is 0 Å². The number of carbonyl (C=O) groups excluding carboxylic acids is 1. The molecule has 236 valence electrons. The van der Waals surface area contributed by atoms with Gasteiger partial charge in [0.15, 0.2) is 23.0 Å². The normalized spacial score (nSPS) is 21.6. The van der Waals surface area contributed by atoms with Crippen LogP contribution in [0.5, 0.6) is 40.2 Å². The van der Waals surface area contributed by atoms with Gasteiger partial charge in [0.1, 0.15) is 47.9 Å². The summed E-state index contributed by atoms with van der Waals surface area (Å²) in [6, 6.07) is 11.7. The van der Waals surface area contributed by atoms with E-state index in [-0.39, 0.29) is 57.0 Å². The Morgan fingerprint density at radius 3 is 2.33 bits per heavy atom. The smallest absolute Gasteiger partial charge is 0.402 e. The molecule has 4 aromatic rings. The summed E-state index contributed by atoms with van der Waals surface area (Å²) >= 11 is 0. The zero-order valence-corrected chi connectivity index (χ0v) is 23.5. The van der Waals surface area contributed by atoms with Crippen molar-refractivity contribution in [3.8, 4) is 51.6 Å². The predicted octanol–water partition coefficient (Wildman–Crippen LogP) is 2.36. The monoisotopic (exact) mass is 625 g/mol. The van der Waals surface area contributed by atoms with Crippen LogP contribution in [0.15, 0.2) is 65.1 Å². The van der Waals surface area contributed by atoms with Crippen LogP contribution in [0.1, 0.15) is 5.56 Å². The lowest BCUT2D eigenvalue weighted by Crippen LogP contribution is -2.60. The zero-order chi connectivity index (χ0) is 32.4. The molecule has 8 N–H and O–H groups in total. The number of fused-ring (bicyclic) bond motifs is 1. The molecule has 14 nitrogen and oxygen atoms in total. The molecule has 3 aromatic carbocycles. The number of aromatic hydroxyl groups is 5. The molecule has 5 rings (SSSR count). The summed E-state index contributed by atoms with van der Waals surface area (Å²) in [5, 5.41) is 81.4. The SMILES string of the molecule is COc1cc(-c2[o+]c3cc(O)cc(O)c3cc2O[C@@H]2O[C@H](COC(=O)/C=C/c3ccc(O)c(O)c3)[C@H](O)[C@H](O)[C@H]2O)ccc1O. The van der Waals surface area contributed by atoms with Crippen LogP contribution in [0, 0.1) is 0 Å². The maximum Gasteiger partial charge on any atom is 0.402 e. The van der Waals surface area contributed by atoms with Gasteiger partial charge in [0.05, 0.1) is 18.7 Å². The van der Waals surface area contributed by atoms with Gasteiger partial charge >= 0.3 is 17.3 Å². The van der Waals surface area contributed by atoms with Crippen LogP contribution in [0.2, 0.25) is 0 Å². The van der Waals surface area contributed by atoms with Gasteiger partial charge in [-0.2, -0.15) is 0 Å². The van der Waals surface area contributed by atoms with E-state index in [9.17, 15) is 45.6 Å². The molecule has 1 aromatic heterocycles. The zero-order valence-electron chi connectivity index (χ0n) is 23.5. The van der Waals surface area contributed by atoms with Crippen molar-refractivity contribution in [1.29, 1.82) is 0 Å². The van der Waals surface area contributed by atoms with E-state index in [1.54, 1.807) is 0 Å². The minimum absolute atomic E-state index is 0.0180. The molecule has 0 radical (unpaired) electrons. The lowest BCUT2D eigenvalue weighted by Gasteiger charge is -2.39. The third-order valence-corrected chi connectivity index (χ3v) is 6.97. The number of carbonyl (C=O) groups is 1. The quantitative estimate of drug-likeness (QED) is 0.0609. The molecule has 0 amide bonds. The first-order valence-corrected chi connectivity index (χ1v) is 13.4. The highest BCUT2D eigenvalue weighted by Crippen LogP contribution is 2.42. The Bertz CT molecular complexity index is 1750. The lowest BCUT2D eigenvalue weighted by molar-refractivity contribution is -0.278. The summed E-state index contributed by atoms with van der Waals surface area (Å²) in [4.78, 5) is 12.3. The van der Waals surface area contributed by atoms with Crippen LogP contribution in [-0.2, 0) is 14.3 Å². The summed E-state index contributed by atoms with van der Waals surface area (Å²) in [5.41, 5.74) is 0.726. The number of benzene rings is 3. The van der Waals surface area contributed by atoms with Crippen molar-refractivity contribution in [1.82, 2.24) is 0 Å². The molecule has 2 heterocycles. The van der Waals surface area contributed by atoms with Gasteiger partial charge < -0.3 is 59.8 Å². The fraction of sp³-hybridized carbons (Fsp3) is 0.226. The molecule has 0 unspecified atom stereocenters. The van der Waals surface area contributed by atoms with E-state index in [1.807, 2.05) is 0 Å². The van der Waals surface area contributed by atoms with Crippen LogP contribution in [-0.4, -0.2) is 91.2 Å². The van der Waals surface area contributed by atoms with Crippen LogP contribution in [0.4, 0.5) is 0 Å². The van der Waals surface area contributed by atoms with Gasteiger partial charge in [0.2, 0.25) is 12.0 Å². The van der Waals surface area contributed by atoms with Crippen molar-refractivity contribution in [2.45, 2.75) is 30.7 Å². The van der Waals surface area contributed by atoms with Crippen LogP contribution >= 0.6 is 0 Å². The van der Waals surface area contributed by atoms with E-state index in [1.165, 1.54) is 61.7 Å². The Morgan fingerprint density at radius 1 is 0.844 bits per heavy atom. The Hall–Kier alpha value is -5.28. The number of hydrogen-bond donors (Lipinski definition) is 8. The van der Waals surface area contributed by atoms with E-state index in [0.717, 1.165) is 12.1 Å².